The van der Waals surface area contributed by atoms with E-state index in [2.05, 4.69) is 39.0 Å². The van der Waals surface area contributed by atoms with Crippen molar-refractivity contribution in [3.8, 4) is 0 Å². The lowest BCUT2D eigenvalue weighted by atomic mass is 10.1. The quantitative estimate of drug-likeness (QED) is 0.920. The topological polar surface area (TPSA) is 29.3 Å². The van der Waals surface area contributed by atoms with Gasteiger partial charge >= 0.3 is 0 Å². The van der Waals surface area contributed by atoms with E-state index in [1.807, 2.05) is 0 Å². The first-order chi connectivity index (χ1) is 7.81. The summed E-state index contributed by atoms with van der Waals surface area (Å²) in [6.45, 7) is 3.16. The number of benzene rings is 1. The normalized spacial score (nSPS) is 15.8. The first-order valence-corrected chi connectivity index (χ1v) is 6.84. The van der Waals surface area contributed by atoms with E-state index in [-0.39, 0.29) is 0 Å². The van der Waals surface area contributed by atoms with Crippen LogP contribution in [-0.4, -0.2) is 19.6 Å². The van der Waals surface area contributed by atoms with Gasteiger partial charge < -0.3 is 10.6 Å². The molecule has 0 spiro atoms. The Morgan fingerprint density at radius 2 is 2.00 bits per heavy atom. The van der Waals surface area contributed by atoms with E-state index in [1.165, 1.54) is 41.7 Å². The second kappa shape index (κ2) is 5.69. The highest BCUT2D eigenvalue weighted by Gasteiger charge is 2.14. The van der Waals surface area contributed by atoms with Crippen molar-refractivity contribution in [3.05, 3.63) is 28.2 Å². The molecule has 16 heavy (non-hydrogen) atoms. The number of hydrogen-bond acceptors (Lipinski definition) is 2. The van der Waals surface area contributed by atoms with Crippen molar-refractivity contribution >= 4 is 21.6 Å². The summed E-state index contributed by atoms with van der Waals surface area (Å²) < 4.78 is 1.23. The molecule has 2 nitrogen and oxygen atoms in total. The Bertz CT molecular complexity index is 346. The van der Waals surface area contributed by atoms with Crippen LogP contribution in [0.3, 0.4) is 0 Å². The maximum atomic E-state index is 5.52. The van der Waals surface area contributed by atoms with Crippen LogP contribution in [0.15, 0.2) is 22.7 Å². The third-order valence-electron chi connectivity index (χ3n) is 3.13. The number of halogens is 1. The van der Waals surface area contributed by atoms with Gasteiger partial charge in [-0.3, -0.25) is 0 Å². The van der Waals surface area contributed by atoms with Gasteiger partial charge in [0.1, 0.15) is 0 Å². The molecule has 2 rings (SSSR count). The van der Waals surface area contributed by atoms with Crippen LogP contribution in [0.1, 0.15) is 24.8 Å². The second-order valence-electron chi connectivity index (χ2n) is 4.37. The third-order valence-corrected chi connectivity index (χ3v) is 3.76. The molecular weight excluding hydrogens is 264 g/mol. The Kier molecular flexibility index (Phi) is 4.24. The Hall–Kier alpha value is -0.540. The van der Waals surface area contributed by atoms with Crippen molar-refractivity contribution in [2.24, 2.45) is 5.73 Å². The average Bonchev–Trinajstić information content (AvgIpc) is 2.80. The van der Waals surface area contributed by atoms with Gasteiger partial charge in [-0.1, -0.05) is 6.07 Å². The van der Waals surface area contributed by atoms with Crippen LogP contribution in [0.4, 0.5) is 5.69 Å². The van der Waals surface area contributed by atoms with Crippen molar-refractivity contribution in [1.29, 1.82) is 0 Å². The Balaban J connectivity index is 2.09. The van der Waals surface area contributed by atoms with Gasteiger partial charge in [0.05, 0.1) is 5.69 Å². The molecule has 1 aromatic rings. The number of nitrogens with two attached hydrogens (primary N) is 1. The Morgan fingerprint density at radius 1 is 1.25 bits per heavy atom. The predicted octanol–water partition coefficient (Wildman–Crippen LogP) is 2.94. The van der Waals surface area contributed by atoms with Crippen LogP contribution < -0.4 is 10.6 Å². The van der Waals surface area contributed by atoms with E-state index in [0.29, 0.717) is 0 Å². The lowest BCUT2D eigenvalue weighted by molar-refractivity contribution is 0.831. The minimum atomic E-state index is 0.769. The van der Waals surface area contributed by atoms with Crippen molar-refractivity contribution in [1.82, 2.24) is 0 Å². The fraction of sp³-hybridized carbons (Fsp3) is 0.538. The van der Waals surface area contributed by atoms with Crippen LogP contribution in [-0.2, 0) is 6.42 Å². The van der Waals surface area contributed by atoms with E-state index >= 15 is 0 Å². The van der Waals surface area contributed by atoms with Gasteiger partial charge in [-0.05, 0) is 65.9 Å². The molecule has 1 heterocycles. The van der Waals surface area contributed by atoms with Crippen LogP contribution in [0.25, 0.3) is 0 Å². The fourth-order valence-corrected chi connectivity index (χ4v) is 2.90. The van der Waals surface area contributed by atoms with E-state index in [9.17, 15) is 0 Å². The summed E-state index contributed by atoms with van der Waals surface area (Å²) in [5.41, 5.74) is 8.24. The fourth-order valence-electron chi connectivity index (χ4n) is 2.23. The molecule has 88 valence electrons. The highest BCUT2D eigenvalue weighted by molar-refractivity contribution is 9.10. The third kappa shape index (κ3) is 2.77. The van der Waals surface area contributed by atoms with Crippen LogP contribution in [0, 0.1) is 0 Å². The summed E-state index contributed by atoms with van der Waals surface area (Å²) in [5.74, 6) is 0. The SMILES string of the molecule is NCCCc1ccc(N2CCCC2)c(Br)c1. The van der Waals surface area contributed by atoms with Crippen LogP contribution >= 0.6 is 15.9 Å². The zero-order valence-corrected chi connectivity index (χ0v) is 11.2. The first-order valence-electron chi connectivity index (χ1n) is 6.04. The lowest BCUT2D eigenvalue weighted by Crippen LogP contribution is -2.18. The molecule has 1 saturated heterocycles. The van der Waals surface area contributed by atoms with Gasteiger partial charge in [-0.25, -0.2) is 0 Å². The van der Waals surface area contributed by atoms with Crippen molar-refractivity contribution in [2.75, 3.05) is 24.5 Å². The van der Waals surface area contributed by atoms with Gasteiger partial charge in [0.15, 0.2) is 0 Å². The van der Waals surface area contributed by atoms with Crippen molar-refractivity contribution in [2.45, 2.75) is 25.7 Å². The van der Waals surface area contributed by atoms with Gasteiger partial charge in [0.25, 0.3) is 0 Å². The Morgan fingerprint density at radius 3 is 2.62 bits per heavy atom. The number of aryl methyl sites for hydroxylation is 1. The van der Waals surface area contributed by atoms with Crippen LogP contribution in [0.5, 0.6) is 0 Å². The summed E-state index contributed by atoms with van der Waals surface area (Å²) in [6, 6.07) is 6.71. The number of nitrogens with zero attached hydrogens (tertiary/aromatic N) is 1. The molecule has 0 aliphatic carbocycles. The molecule has 1 aromatic carbocycles. The number of hydrogen-bond donors (Lipinski definition) is 1. The molecule has 1 fully saturated rings. The minimum absolute atomic E-state index is 0.769. The zero-order chi connectivity index (χ0) is 11.4. The maximum Gasteiger partial charge on any atom is 0.0510 e. The average molecular weight is 283 g/mol. The summed E-state index contributed by atoms with van der Waals surface area (Å²) in [6.07, 6.45) is 4.79. The van der Waals surface area contributed by atoms with E-state index in [4.69, 9.17) is 5.73 Å². The molecule has 1 aliphatic heterocycles. The summed E-state index contributed by atoms with van der Waals surface area (Å²) in [7, 11) is 0. The van der Waals surface area contributed by atoms with Gasteiger partial charge in [0.2, 0.25) is 0 Å². The molecule has 3 heteroatoms. The Labute approximate surface area is 106 Å². The van der Waals surface area contributed by atoms with Gasteiger partial charge in [0, 0.05) is 17.6 Å². The smallest absolute Gasteiger partial charge is 0.0510 e. The second-order valence-corrected chi connectivity index (χ2v) is 5.23. The minimum Gasteiger partial charge on any atom is -0.371 e. The standard InChI is InChI=1S/C13H19BrN2/c14-12-10-11(4-3-7-15)5-6-13(12)16-8-1-2-9-16/h5-6,10H,1-4,7-9,15H2. The highest BCUT2D eigenvalue weighted by atomic mass is 79.9. The van der Waals surface area contributed by atoms with Crippen LogP contribution in [0.2, 0.25) is 0 Å². The number of rotatable bonds is 4. The van der Waals surface area contributed by atoms with E-state index in [1.54, 1.807) is 0 Å². The molecule has 0 radical (unpaired) electrons. The molecule has 0 saturated carbocycles. The molecule has 0 bridgehead atoms. The molecule has 0 amide bonds. The molecule has 0 unspecified atom stereocenters. The van der Waals surface area contributed by atoms with Crippen molar-refractivity contribution in [3.63, 3.8) is 0 Å². The van der Waals surface area contributed by atoms with Gasteiger partial charge in [-0.15, -0.1) is 0 Å². The summed E-state index contributed by atoms with van der Waals surface area (Å²) in [5, 5.41) is 0. The number of anilines is 1. The zero-order valence-electron chi connectivity index (χ0n) is 9.58. The molecule has 0 atom stereocenters. The van der Waals surface area contributed by atoms with Crippen molar-refractivity contribution < 1.29 is 0 Å². The molecule has 2 N–H and O–H groups in total. The summed E-state index contributed by atoms with van der Waals surface area (Å²) in [4.78, 5) is 2.46. The highest BCUT2D eigenvalue weighted by Crippen LogP contribution is 2.30. The first kappa shape index (κ1) is 11.9. The molecular formula is C13H19BrN2. The van der Waals surface area contributed by atoms with Gasteiger partial charge in [-0.2, -0.15) is 0 Å². The monoisotopic (exact) mass is 282 g/mol. The lowest BCUT2D eigenvalue weighted by Gasteiger charge is -2.19. The molecule has 0 aromatic heterocycles. The van der Waals surface area contributed by atoms with E-state index in [0.717, 1.165) is 19.4 Å². The summed E-state index contributed by atoms with van der Waals surface area (Å²) >= 11 is 3.68. The maximum absolute atomic E-state index is 5.52. The largest absolute Gasteiger partial charge is 0.371 e. The molecule has 1 aliphatic rings. The predicted molar refractivity (Wildman–Crippen MR) is 73.0 cm³/mol. The van der Waals surface area contributed by atoms with E-state index < -0.39 is 0 Å².